The summed E-state index contributed by atoms with van der Waals surface area (Å²) >= 11 is 0. The van der Waals surface area contributed by atoms with Crippen LogP contribution in [0.4, 0.5) is 0 Å². The summed E-state index contributed by atoms with van der Waals surface area (Å²) < 4.78 is 4.70. The molecule has 7 aromatic carbocycles. The van der Waals surface area contributed by atoms with Crippen molar-refractivity contribution in [3.63, 3.8) is 0 Å². The van der Waals surface area contributed by atoms with E-state index in [0.29, 0.717) is 5.95 Å². The average molecular weight is 643 g/mol. The first kappa shape index (κ1) is 27.0. The lowest BCUT2D eigenvalue weighted by Crippen LogP contribution is -2.51. The number of nitrogens with zero attached hydrogens (tertiary/aromatic N) is 4. The highest BCUT2D eigenvalue weighted by Gasteiger charge is 2.45. The summed E-state index contributed by atoms with van der Waals surface area (Å²) in [6, 6.07) is 52.7. The van der Waals surface area contributed by atoms with Gasteiger partial charge in [-0.2, -0.15) is 4.98 Å². The molecule has 49 heavy (non-hydrogen) atoms. The van der Waals surface area contributed by atoms with Crippen LogP contribution >= 0.6 is 0 Å². The van der Waals surface area contributed by atoms with Gasteiger partial charge in [0.15, 0.2) is 0 Å². The van der Waals surface area contributed by atoms with Crippen LogP contribution in [0.5, 0.6) is 0 Å². The molecule has 1 aliphatic heterocycles. The summed E-state index contributed by atoms with van der Waals surface area (Å²) in [5.74, 6) is 1.68. The zero-order chi connectivity index (χ0) is 32.4. The fourth-order valence-electron chi connectivity index (χ4n) is 8.91. The van der Waals surface area contributed by atoms with Gasteiger partial charge in [0.05, 0.1) is 27.8 Å². The highest BCUT2D eigenvalue weighted by Crippen LogP contribution is 2.42. The van der Waals surface area contributed by atoms with Crippen molar-refractivity contribution in [2.75, 3.05) is 0 Å². The van der Waals surface area contributed by atoms with Crippen LogP contribution in [-0.4, -0.2) is 27.2 Å². The largest absolute Gasteiger partial charge is 0.294 e. The Morgan fingerprint density at radius 3 is 1.29 bits per heavy atom. The van der Waals surface area contributed by atoms with Crippen molar-refractivity contribution in [3.8, 4) is 23.0 Å². The lowest BCUT2D eigenvalue weighted by Gasteiger charge is -2.24. The molecular formula is C44H30N4Si. The monoisotopic (exact) mass is 642 g/mol. The van der Waals surface area contributed by atoms with Gasteiger partial charge in [0.2, 0.25) is 5.95 Å². The molecule has 3 aromatic heterocycles. The van der Waals surface area contributed by atoms with Crippen LogP contribution in [0.25, 0.3) is 88.2 Å². The van der Waals surface area contributed by atoms with Crippen LogP contribution in [0, 0.1) is 0 Å². The molecular weight excluding hydrogens is 613 g/mol. The Morgan fingerprint density at radius 1 is 0.388 bits per heavy atom. The molecule has 0 fully saturated rings. The van der Waals surface area contributed by atoms with E-state index in [-0.39, 0.29) is 0 Å². The van der Waals surface area contributed by atoms with Crippen LogP contribution < -0.4 is 10.4 Å². The van der Waals surface area contributed by atoms with E-state index in [1.165, 1.54) is 59.0 Å². The number of aromatic nitrogens is 4. The van der Waals surface area contributed by atoms with Crippen molar-refractivity contribution in [2.45, 2.75) is 13.1 Å². The quantitative estimate of drug-likeness (QED) is 0.139. The van der Waals surface area contributed by atoms with E-state index in [9.17, 15) is 0 Å². The summed E-state index contributed by atoms with van der Waals surface area (Å²) in [6.45, 7) is 5.00. The van der Waals surface area contributed by atoms with E-state index in [1.807, 2.05) is 0 Å². The van der Waals surface area contributed by atoms with E-state index in [2.05, 4.69) is 168 Å². The van der Waals surface area contributed by atoms with Crippen molar-refractivity contribution in [1.82, 2.24) is 19.1 Å². The van der Waals surface area contributed by atoms with Gasteiger partial charge < -0.3 is 0 Å². The Labute approximate surface area is 283 Å². The SMILES string of the molecule is C[Si]1(C)c2c(nc(-n3c4ccccc4c4ccccc43)nc2-n2c3ccccc3c3ccccc32)-c2c1c1ccccc1c1ccccc21. The lowest BCUT2D eigenvalue weighted by atomic mass is 9.95. The number of fused-ring (bicyclic) bond motifs is 14. The summed E-state index contributed by atoms with van der Waals surface area (Å²) in [5, 5.41) is 12.8. The van der Waals surface area contributed by atoms with Crippen LogP contribution in [0.1, 0.15) is 0 Å². The molecule has 10 aromatic rings. The molecule has 230 valence electrons. The molecule has 0 spiro atoms. The predicted molar refractivity (Wildman–Crippen MR) is 208 cm³/mol. The van der Waals surface area contributed by atoms with E-state index in [4.69, 9.17) is 9.97 Å². The van der Waals surface area contributed by atoms with Gasteiger partial charge in [0.25, 0.3) is 0 Å². The molecule has 0 saturated heterocycles. The fourth-order valence-corrected chi connectivity index (χ4v) is 12.4. The molecule has 1 aliphatic rings. The van der Waals surface area contributed by atoms with Crippen LogP contribution in [0.2, 0.25) is 13.1 Å². The van der Waals surface area contributed by atoms with Gasteiger partial charge in [-0.3, -0.25) is 9.13 Å². The molecule has 11 rings (SSSR count). The lowest BCUT2D eigenvalue weighted by molar-refractivity contribution is 0.961. The molecule has 4 nitrogen and oxygen atoms in total. The Morgan fingerprint density at radius 2 is 0.776 bits per heavy atom. The zero-order valence-corrected chi connectivity index (χ0v) is 28.1. The topological polar surface area (TPSA) is 35.6 Å². The first-order valence-corrected chi connectivity index (χ1v) is 20.0. The Bertz CT molecular complexity index is 2930. The minimum Gasteiger partial charge on any atom is -0.294 e. The molecule has 0 amide bonds. The number of hydrogen-bond acceptors (Lipinski definition) is 2. The van der Waals surface area contributed by atoms with Gasteiger partial charge in [-0.25, -0.2) is 4.98 Å². The maximum Gasteiger partial charge on any atom is 0.237 e. The molecule has 0 bridgehead atoms. The molecule has 0 radical (unpaired) electrons. The van der Waals surface area contributed by atoms with Gasteiger partial charge in [-0.15, -0.1) is 0 Å². The Kier molecular flexibility index (Phi) is 5.24. The minimum absolute atomic E-state index is 0.697. The molecule has 0 unspecified atom stereocenters. The maximum absolute atomic E-state index is 5.72. The average Bonchev–Trinajstić information content (AvgIpc) is 3.75. The molecule has 0 atom stereocenters. The van der Waals surface area contributed by atoms with Crippen molar-refractivity contribution in [2.24, 2.45) is 0 Å². The highest BCUT2D eigenvalue weighted by atomic mass is 28.3. The summed E-state index contributed by atoms with van der Waals surface area (Å²) in [6.07, 6.45) is 0. The van der Waals surface area contributed by atoms with Crippen molar-refractivity contribution in [1.29, 1.82) is 0 Å². The summed E-state index contributed by atoms with van der Waals surface area (Å²) in [5.41, 5.74) is 6.87. The predicted octanol–water partition coefficient (Wildman–Crippen LogP) is 9.78. The van der Waals surface area contributed by atoms with Crippen LogP contribution in [-0.2, 0) is 0 Å². The van der Waals surface area contributed by atoms with E-state index < -0.39 is 8.07 Å². The molecule has 0 aliphatic carbocycles. The zero-order valence-electron chi connectivity index (χ0n) is 27.1. The van der Waals surface area contributed by atoms with E-state index >= 15 is 0 Å². The van der Waals surface area contributed by atoms with Crippen LogP contribution in [0.3, 0.4) is 0 Å². The van der Waals surface area contributed by atoms with Gasteiger partial charge >= 0.3 is 0 Å². The third kappa shape index (κ3) is 3.42. The Hall–Kier alpha value is -6.04. The second-order valence-electron chi connectivity index (χ2n) is 13.8. The smallest absolute Gasteiger partial charge is 0.237 e. The van der Waals surface area contributed by atoms with Crippen LogP contribution in [0.15, 0.2) is 146 Å². The van der Waals surface area contributed by atoms with Gasteiger partial charge in [-0.05, 0) is 51.0 Å². The summed E-state index contributed by atoms with van der Waals surface area (Å²) in [7, 11) is -2.41. The standard InChI is InChI=1S/C44H30N4Si/c1-49(2)41-34-22-6-4-16-28(34)27-15-3-5-21-33(27)39(41)40-42(49)43(47-35-23-11-7-17-29(35)30-18-8-12-24-36(30)47)46-44(45-40)48-37-25-13-9-19-31(37)32-20-10-14-26-38(32)48/h3-26H,1-2H3. The molecule has 0 N–H and O–H groups in total. The third-order valence-corrected chi connectivity index (χ3v) is 14.3. The highest BCUT2D eigenvalue weighted by molar-refractivity contribution is 7.06. The fraction of sp³-hybridized carbons (Fsp3) is 0.0455. The number of rotatable bonds is 2. The number of benzene rings is 7. The van der Waals surface area contributed by atoms with Gasteiger partial charge in [0, 0.05) is 32.3 Å². The molecule has 5 heteroatoms. The minimum atomic E-state index is -2.41. The number of hydrogen-bond donors (Lipinski definition) is 0. The van der Waals surface area contributed by atoms with E-state index in [0.717, 1.165) is 33.6 Å². The van der Waals surface area contributed by atoms with E-state index in [1.54, 1.807) is 0 Å². The second-order valence-corrected chi connectivity index (χ2v) is 18.0. The van der Waals surface area contributed by atoms with Gasteiger partial charge in [0.1, 0.15) is 13.9 Å². The normalized spacial score (nSPS) is 13.7. The number of para-hydroxylation sites is 4. The third-order valence-electron chi connectivity index (χ3n) is 10.9. The molecule has 0 saturated carbocycles. The first-order valence-electron chi connectivity index (χ1n) is 17.0. The maximum atomic E-state index is 5.72. The van der Waals surface area contributed by atoms with Crippen molar-refractivity contribution >= 4 is 83.6 Å². The van der Waals surface area contributed by atoms with Gasteiger partial charge in [-0.1, -0.05) is 134 Å². The van der Waals surface area contributed by atoms with Crippen molar-refractivity contribution < 1.29 is 0 Å². The first-order chi connectivity index (χ1) is 24.1. The Balaban J connectivity index is 1.38. The van der Waals surface area contributed by atoms with Crippen molar-refractivity contribution in [3.05, 3.63) is 146 Å². The molecule has 4 heterocycles. The summed E-state index contributed by atoms with van der Waals surface area (Å²) in [4.78, 5) is 11.4. The second kappa shape index (κ2) is 9.53.